The molecule has 2 aromatic carbocycles. The van der Waals surface area contributed by atoms with Gasteiger partial charge >= 0.3 is 6.01 Å². The molecule has 1 saturated carbocycles. The quantitative estimate of drug-likeness (QED) is 0.265. The van der Waals surface area contributed by atoms with Crippen molar-refractivity contribution in [3.8, 4) is 6.01 Å². The highest BCUT2D eigenvalue weighted by molar-refractivity contribution is 6.36. The number of piperazine rings is 1. The Bertz CT molecular complexity index is 1710. The number of hydrogen-bond acceptors (Lipinski definition) is 8. The van der Waals surface area contributed by atoms with Gasteiger partial charge in [-0.15, -0.1) is 0 Å². The number of benzene rings is 2. The van der Waals surface area contributed by atoms with Gasteiger partial charge in [-0.25, -0.2) is 11.0 Å². The Kier molecular flexibility index (Phi) is 8.44. The Labute approximate surface area is 273 Å². The fraction of sp³-hybridized carbons (Fsp3) is 0.471. The van der Waals surface area contributed by atoms with Crippen molar-refractivity contribution in [2.24, 2.45) is 0 Å². The van der Waals surface area contributed by atoms with E-state index in [4.69, 9.17) is 37.6 Å². The summed E-state index contributed by atoms with van der Waals surface area (Å²) >= 11 is 6.52. The number of aromatic nitrogens is 2. The van der Waals surface area contributed by atoms with Crippen molar-refractivity contribution < 1.29 is 18.7 Å². The van der Waals surface area contributed by atoms with Crippen molar-refractivity contribution in [1.82, 2.24) is 19.8 Å². The number of carbonyl (C=O) groups is 1. The van der Waals surface area contributed by atoms with E-state index in [2.05, 4.69) is 33.2 Å². The average Bonchev–Trinajstić information content (AvgIpc) is 3.83. The number of amides is 1. The van der Waals surface area contributed by atoms with Crippen LogP contribution in [0.1, 0.15) is 24.1 Å². The normalized spacial score (nSPS) is 23.0. The summed E-state index contributed by atoms with van der Waals surface area (Å²) in [6.45, 7) is 15.0. The summed E-state index contributed by atoms with van der Waals surface area (Å²) in [5.41, 5.74) is 2.69. The number of fused-ring (bicyclic) bond motifs is 2. The van der Waals surface area contributed by atoms with Crippen LogP contribution >= 0.6 is 11.6 Å². The second kappa shape index (κ2) is 12.7. The Hall–Kier alpha value is -3.98. The van der Waals surface area contributed by atoms with Gasteiger partial charge in [-0.3, -0.25) is 9.69 Å². The molecular formula is C34H37ClFN7O3. The summed E-state index contributed by atoms with van der Waals surface area (Å²) in [5, 5.41) is 1.65. The Balaban J connectivity index is 1.24. The van der Waals surface area contributed by atoms with E-state index in [0.717, 1.165) is 28.1 Å². The molecule has 4 aliphatic rings. The van der Waals surface area contributed by atoms with E-state index < -0.39 is 5.82 Å². The summed E-state index contributed by atoms with van der Waals surface area (Å²) < 4.78 is 27.0. The molecule has 46 heavy (non-hydrogen) atoms. The van der Waals surface area contributed by atoms with Gasteiger partial charge in [0.15, 0.2) is 0 Å². The average molecular weight is 646 g/mol. The minimum absolute atomic E-state index is 0.108. The van der Waals surface area contributed by atoms with E-state index >= 15 is 0 Å². The Morgan fingerprint density at radius 2 is 2.07 bits per heavy atom. The van der Waals surface area contributed by atoms with E-state index in [9.17, 15) is 9.18 Å². The summed E-state index contributed by atoms with van der Waals surface area (Å²) in [6.07, 6.45) is 4.11. The van der Waals surface area contributed by atoms with Crippen LogP contribution in [0.5, 0.6) is 6.01 Å². The first kappa shape index (κ1) is 30.7. The lowest BCUT2D eigenvalue weighted by molar-refractivity contribution is -0.128. The molecule has 1 unspecified atom stereocenters. The van der Waals surface area contributed by atoms with Gasteiger partial charge in [-0.2, -0.15) is 9.97 Å². The standard InChI is InChI=1S/C34H37ClFN7O3/c1-4-30(44)43-15-14-42(17-23(43)16-37-2)33-24-12-13-41(27-7-5-6-21-8-11-25(36)32(35)31(21)27)18-26(24)38-34(39-33)46-29-20-45-19-28(29)40(3)22-9-10-22/h4-8,11,22-23,28-29H,1,9-10,12-20H2,3H3/t23?,28-,29-/m1/s1. The summed E-state index contributed by atoms with van der Waals surface area (Å²) in [6, 6.07) is 9.66. The van der Waals surface area contributed by atoms with Gasteiger partial charge in [0.1, 0.15) is 23.8 Å². The first-order valence-electron chi connectivity index (χ1n) is 15.8. The van der Waals surface area contributed by atoms with Crippen LogP contribution in [0.3, 0.4) is 0 Å². The van der Waals surface area contributed by atoms with Gasteiger partial charge in [0.05, 0.1) is 36.5 Å². The van der Waals surface area contributed by atoms with Crippen LogP contribution in [0.2, 0.25) is 5.02 Å². The second-order valence-electron chi connectivity index (χ2n) is 12.5. The molecule has 3 aromatic rings. The van der Waals surface area contributed by atoms with Crippen LogP contribution in [0.4, 0.5) is 15.9 Å². The van der Waals surface area contributed by atoms with E-state index in [1.165, 1.54) is 25.0 Å². The zero-order valence-corrected chi connectivity index (χ0v) is 26.6. The third-order valence-corrected chi connectivity index (χ3v) is 10.1. The molecule has 3 aliphatic heterocycles. The molecule has 4 heterocycles. The van der Waals surface area contributed by atoms with Gasteiger partial charge in [-0.05, 0) is 49.9 Å². The Morgan fingerprint density at radius 1 is 1.22 bits per heavy atom. The first-order valence-corrected chi connectivity index (χ1v) is 16.2. The first-order chi connectivity index (χ1) is 22.4. The Morgan fingerprint density at radius 3 is 2.85 bits per heavy atom. The van der Waals surface area contributed by atoms with E-state index in [0.29, 0.717) is 63.8 Å². The van der Waals surface area contributed by atoms with Crippen molar-refractivity contribution in [3.05, 3.63) is 76.5 Å². The van der Waals surface area contributed by atoms with Crippen molar-refractivity contribution in [2.75, 3.05) is 62.8 Å². The maximum absolute atomic E-state index is 14.6. The molecule has 1 aliphatic carbocycles. The monoisotopic (exact) mass is 645 g/mol. The molecule has 3 atom stereocenters. The molecule has 0 spiro atoms. The molecule has 2 saturated heterocycles. The fourth-order valence-corrected chi connectivity index (χ4v) is 7.35. The molecule has 1 amide bonds. The number of ether oxygens (including phenoxy) is 2. The molecular weight excluding hydrogens is 609 g/mol. The predicted octanol–water partition coefficient (Wildman–Crippen LogP) is 4.35. The van der Waals surface area contributed by atoms with Crippen molar-refractivity contribution in [3.63, 3.8) is 0 Å². The molecule has 7 rings (SSSR count). The third kappa shape index (κ3) is 5.74. The van der Waals surface area contributed by atoms with E-state index in [1.54, 1.807) is 11.0 Å². The van der Waals surface area contributed by atoms with Gasteiger partial charge in [-0.1, -0.05) is 36.4 Å². The lowest BCUT2D eigenvalue weighted by atomic mass is 10.0. The number of anilines is 2. The molecule has 0 N–H and O–H groups in total. The van der Waals surface area contributed by atoms with Crippen LogP contribution in [0, 0.1) is 12.4 Å². The number of halogens is 2. The van der Waals surface area contributed by atoms with Crippen molar-refractivity contribution >= 4 is 39.8 Å². The molecule has 10 nitrogen and oxygen atoms in total. The van der Waals surface area contributed by atoms with Crippen LogP contribution in [0.25, 0.3) is 15.6 Å². The fourth-order valence-electron chi connectivity index (χ4n) is 7.08. The molecule has 0 bridgehead atoms. The minimum atomic E-state index is -0.452. The zero-order chi connectivity index (χ0) is 31.9. The van der Waals surface area contributed by atoms with Gasteiger partial charge in [0, 0.05) is 48.9 Å². The maximum Gasteiger partial charge on any atom is 0.319 e. The third-order valence-electron chi connectivity index (χ3n) is 9.72. The molecule has 3 fully saturated rings. The molecule has 0 radical (unpaired) electrons. The SMILES string of the molecule is [C-]#[N+]CC1CN(c2nc(O[C@@H]3COC[C@H]3N(C)C3CC3)nc3c2CCN(c2cccc4ccc(F)c(Cl)c24)C3)CCN1C(=O)C=C. The smallest absolute Gasteiger partial charge is 0.319 e. The second-order valence-corrected chi connectivity index (χ2v) is 12.9. The van der Waals surface area contributed by atoms with Crippen LogP contribution in [-0.2, 0) is 22.5 Å². The molecule has 240 valence electrons. The lowest BCUT2D eigenvalue weighted by Crippen LogP contribution is -2.56. The summed E-state index contributed by atoms with van der Waals surface area (Å²) in [5.74, 6) is 0.148. The largest absolute Gasteiger partial charge is 0.456 e. The highest BCUT2D eigenvalue weighted by Gasteiger charge is 2.41. The minimum Gasteiger partial charge on any atom is -0.456 e. The highest BCUT2D eigenvalue weighted by atomic mass is 35.5. The van der Waals surface area contributed by atoms with Crippen LogP contribution in [0.15, 0.2) is 43.0 Å². The summed E-state index contributed by atoms with van der Waals surface area (Å²) in [7, 11) is 2.13. The lowest BCUT2D eigenvalue weighted by Gasteiger charge is -2.41. The van der Waals surface area contributed by atoms with Gasteiger partial charge in [0.2, 0.25) is 12.5 Å². The molecule has 12 heteroatoms. The summed E-state index contributed by atoms with van der Waals surface area (Å²) in [4.78, 5) is 34.7. The van der Waals surface area contributed by atoms with Gasteiger partial charge in [0.25, 0.3) is 0 Å². The van der Waals surface area contributed by atoms with Gasteiger partial charge < -0.3 is 29.0 Å². The van der Waals surface area contributed by atoms with Crippen molar-refractivity contribution in [1.29, 1.82) is 0 Å². The highest BCUT2D eigenvalue weighted by Crippen LogP contribution is 2.38. The topological polar surface area (TPSA) is 78.6 Å². The van der Waals surface area contributed by atoms with E-state index in [-0.39, 0.29) is 41.7 Å². The maximum atomic E-state index is 14.6. The number of hydrogen-bond donors (Lipinski definition) is 0. The van der Waals surface area contributed by atoms with Crippen LogP contribution in [-0.4, -0.2) is 103 Å². The van der Waals surface area contributed by atoms with E-state index in [1.807, 2.05) is 18.2 Å². The number of likely N-dealkylation sites (N-methyl/N-ethyl adjacent to an activating group) is 1. The predicted molar refractivity (Wildman–Crippen MR) is 175 cm³/mol. The van der Waals surface area contributed by atoms with Crippen molar-refractivity contribution in [2.45, 2.75) is 50.0 Å². The number of nitrogens with zero attached hydrogens (tertiary/aromatic N) is 7. The number of carbonyl (C=O) groups excluding carboxylic acids is 1. The number of rotatable bonds is 8. The van der Waals surface area contributed by atoms with Crippen LogP contribution < -0.4 is 14.5 Å². The zero-order valence-electron chi connectivity index (χ0n) is 25.9. The molecule has 1 aromatic heterocycles.